The number of carbonyl (C=O) groups is 2. The second-order valence-corrected chi connectivity index (χ2v) is 4.79. The van der Waals surface area contributed by atoms with E-state index in [0.29, 0.717) is 24.9 Å². The maximum atomic E-state index is 14.0. The molecule has 19 heavy (non-hydrogen) atoms. The number of halogens is 1. The fourth-order valence-corrected chi connectivity index (χ4v) is 2.65. The van der Waals surface area contributed by atoms with Gasteiger partial charge in [-0.1, -0.05) is 12.1 Å². The highest BCUT2D eigenvalue weighted by Crippen LogP contribution is 2.38. The lowest BCUT2D eigenvalue weighted by Gasteiger charge is -2.23. The third-order valence-electron chi connectivity index (χ3n) is 3.46. The summed E-state index contributed by atoms with van der Waals surface area (Å²) in [6, 6.07) is 4.58. The van der Waals surface area contributed by atoms with Gasteiger partial charge in [-0.25, -0.2) is 4.39 Å². The number of para-hydroxylation sites is 1. The second kappa shape index (κ2) is 5.38. The van der Waals surface area contributed by atoms with E-state index in [1.165, 1.54) is 17.9 Å². The third-order valence-corrected chi connectivity index (χ3v) is 3.46. The molecule has 0 saturated heterocycles. The van der Waals surface area contributed by atoms with Crippen molar-refractivity contribution in [3.05, 3.63) is 29.6 Å². The molecule has 1 aromatic rings. The number of carboxylic acid groups (broad SMARTS) is 1. The predicted molar refractivity (Wildman–Crippen MR) is 68.7 cm³/mol. The quantitative estimate of drug-likeness (QED) is 0.894. The molecule has 0 fully saturated rings. The summed E-state index contributed by atoms with van der Waals surface area (Å²) in [5.74, 6) is -1.84. The van der Waals surface area contributed by atoms with Crippen molar-refractivity contribution in [2.75, 3.05) is 11.4 Å². The Morgan fingerprint density at radius 2 is 2.21 bits per heavy atom. The van der Waals surface area contributed by atoms with E-state index in [4.69, 9.17) is 5.11 Å². The number of rotatable bonds is 2. The van der Waals surface area contributed by atoms with Crippen molar-refractivity contribution in [3.8, 4) is 0 Å². The SMILES string of the molecule is CC(=O)N1CCCC(CC(=O)O)c2cccc(F)c21. The zero-order chi connectivity index (χ0) is 14.0. The predicted octanol–water partition coefficient (Wildman–Crippen LogP) is 2.53. The number of aliphatic carboxylic acids is 1. The van der Waals surface area contributed by atoms with E-state index < -0.39 is 11.8 Å². The van der Waals surface area contributed by atoms with Crippen LogP contribution in [0.25, 0.3) is 0 Å². The van der Waals surface area contributed by atoms with Gasteiger partial charge in [-0.15, -0.1) is 0 Å². The minimum absolute atomic E-state index is 0.0395. The summed E-state index contributed by atoms with van der Waals surface area (Å²) in [5, 5.41) is 8.95. The van der Waals surface area contributed by atoms with E-state index in [2.05, 4.69) is 0 Å². The molecular weight excluding hydrogens is 249 g/mol. The van der Waals surface area contributed by atoms with Gasteiger partial charge in [0, 0.05) is 13.5 Å². The van der Waals surface area contributed by atoms with Gasteiger partial charge < -0.3 is 10.0 Å². The molecule has 1 aliphatic rings. The van der Waals surface area contributed by atoms with Gasteiger partial charge >= 0.3 is 5.97 Å². The van der Waals surface area contributed by atoms with Gasteiger partial charge in [-0.3, -0.25) is 9.59 Å². The Kier molecular flexibility index (Phi) is 3.83. The fourth-order valence-electron chi connectivity index (χ4n) is 2.65. The van der Waals surface area contributed by atoms with Crippen molar-refractivity contribution in [1.29, 1.82) is 0 Å². The van der Waals surface area contributed by atoms with E-state index in [-0.39, 0.29) is 23.9 Å². The van der Waals surface area contributed by atoms with Crippen molar-refractivity contribution >= 4 is 17.6 Å². The third kappa shape index (κ3) is 2.75. The lowest BCUT2D eigenvalue weighted by atomic mass is 9.91. The summed E-state index contributed by atoms with van der Waals surface area (Å²) in [4.78, 5) is 24.0. The number of hydrogen-bond donors (Lipinski definition) is 1. The van der Waals surface area contributed by atoms with Crippen molar-refractivity contribution in [2.24, 2.45) is 0 Å². The fraction of sp³-hybridized carbons (Fsp3) is 0.429. The Hall–Kier alpha value is -1.91. The van der Waals surface area contributed by atoms with E-state index >= 15 is 0 Å². The van der Waals surface area contributed by atoms with Crippen LogP contribution >= 0.6 is 0 Å². The molecule has 1 aliphatic heterocycles. The first-order chi connectivity index (χ1) is 9.00. The van der Waals surface area contributed by atoms with Crippen LogP contribution in [0.3, 0.4) is 0 Å². The Labute approximate surface area is 110 Å². The largest absolute Gasteiger partial charge is 0.481 e. The molecule has 0 bridgehead atoms. The van der Waals surface area contributed by atoms with Gasteiger partial charge in [-0.2, -0.15) is 0 Å². The molecule has 0 radical (unpaired) electrons. The molecule has 2 rings (SSSR count). The molecule has 5 heteroatoms. The molecule has 102 valence electrons. The molecule has 1 N–H and O–H groups in total. The van der Waals surface area contributed by atoms with Crippen molar-refractivity contribution in [3.63, 3.8) is 0 Å². The van der Waals surface area contributed by atoms with Crippen LogP contribution in [0.5, 0.6) is 0 Å². The van der Waals surface area contributed by atoms with Gasteiger partial charge in [0.2, 0.25) is 5.91 Å². The molecule has 1 amide bonds. The number of nitrogens with zero attached hydrogens (tertiary/aromatic N) is 1. The Balaban J connectivity index is 2.50. The summed E-state index contributed by atoms with van der Waals surface area (Å²) in [5.41, 5.74) is 0.869. The van der Waals surface area contributed by atoms with Crippen molar-refractivity contribution in [1.82, 2.24) is 0 Å². The van der Waals surface area contributed by atoms with Gasteiger partial charge in [0.1, 0.15) is 5.82 Å². The highest BCUT2D eigenvalue weighted by Gasteiger charge is 2.28. The highest BCUT2D eigenvalue weighted by atomic mass is 19.1. The van der Waals surface area contributed by atoms with Crippen LogP contribution in [0, 0.1) is 5.82 Å². The molecule has 4 nitrogen and oxygen atoms in total. The molecule has 1 aromatic carbocycles. The van der Waals surface area contributed by atoms with Crippen molar-refractivity contribution < 1.29 is 19.1 Å². The maximum absolute atomic E-state index is 14.0. The average molecular weight is 265 g/mol. The number of carboxylic acids is 1. The molecule has 1 heterocycles. The van der Waals surface area contributed by atoms with Crippen LogP contribution in [0.15, 0.2) is 18.2 Å². The molecule has 1 unspecified atom stereocenters. The van der Waals surface area contributed by atoms with Gasteiger partial charge in [0.25, 0.3) is 0 Å². The van der Waals surface area contributed by atoms with Crippen LogP contribution in [0.2, 0.25) is 0 Å². The summed E-state index contributed by atoms with van der Waals surface area (Å²) >= 11 is 0. The Morgan fingerprint density at radius 3 is 2.84 bits per heavy atom. The zero-order valence-electron chi connectivity index (χ0n) is 10.7. The van der Waals surface area contributed by atoms with Gasteiger partial charge in [0.05, 0.1) is 12.1 Å². The van der Waals surface area contributed by atoms with E-state index in [1.54, 1.807) is 12.1 Å². The van der Waals surface area contributed by atoms with Crippen LogP contribution in [0.4, 0.5) is 10.1 Å². The van der Waals surface area contributed by atoms with E-state index in [1.807, 2.05) is 0 Å². The lowest BCUT2D eigenvalue weighted by Crippen LogP contribution is -2.30. The normalized spacial score (nSPS) is 18.6. The second-order valence-electron chi connectivity index (χ2n) is 4.79. The molecule has 0 spiro atoms. The minimum Gasteiger partial charge on any atom is -0.481 e. The number of fused-ring (bicyclic) bond motifs is 1. The summed E-state index contributed by atoms with van der Waals surface area (Å²) in [7, 11) is 0. The molecule has 0 saturated carbocycles. The van der Waals surface area contributed by atoms with Crippen LogP contribution < -0.4 is 4.90 Å². The standard InChI is InChI=1S/C14H16FNO3/c1-9(17)16-7-3-4-10(8-13(18)19)11-5-2-6-12(15)14(11)16/h2,5-6,10H,3-4,7-8H2,1H3,(H,18,19). The molecule has 0 aromatic heterocycles. The minimum atomic E-state index is -0.906. The van der Waals surface area contributed by atoms with Crippen molar-refractivity contribution in [2.45, 2.75) is 32.1 Å². The Morgan fingerprint density at radius 1 is 1.47 bits per heavy atom. The zero-order valence-corrected chi connectivity index (χ0v) is 10.7. The summed E-state index contributed by atoms with van der Waals surface area (Å²) in [6.07, 6.45) is 1.28. The maximum Gasteiger partial charge on any atom is 0.303 e. The first kappa shape index (κ1) is 13.5. The molecule has 1 atom stereocenters. The smallest absolute Gasteiger partial charge is 0.303 e. The monoisotopic (exact) mass is 265 g/mol. The topological polar surface area (TPSA) is 57.6 Å². The highest BCUT2D eigenvalue weighted by molar-refractivity contribution is 5.93. The first-order valence-corrected chi connectivity index (χ1v) is 6.29. The lowest BCUT2D eigenvalue weighted by molar-refractivity contribution is -0.137. The van der Waals surface area contributed by atoms with Gasteiger partial charge in [0.15, 0.2) is 0 Å². The average Bonchev–Trinajstić information content (AvgIpc) is 2.50. The number of hydrogen-bond acceptors (Lipinski definition) is 2. The first-order valence-electron chi connectivity index (χ1n) is 6.29. The van der Waals surface area contributed by atoms with Gasteiger partial charge in [-0.05, 0) is 30.4 Å². The molecular formula is C14H16FNO3. The summed E-state index contributed by atoms with van der Waals surface area (Å²) in [6.45, 7) is 1.83. The Bertz CT molecular complexity index is 515. The van der Waals surface area contributed by atoms with E-state index in [9.17, 15) is 14.0 Å². The number of benzene rings is 1. The number of amides is 1. The molecule has 0 aliphatic carbocycles. The van der Waals surface area contributed by atoms with Crippen LogP contribution in [0.1, 0.15) is 37.7 Å². The summed E-state index contributed by atoms with van der Waals surface area (Å²) < 4.78 is 14.0. The van der Waals surface area contributed by atoms with E-state index in [0.717, 1.165) is 0 Å². The number of carbonyl (C=O) groups excluding carboxylic acids is 1. The number of anilines is 1. The van der Waals surface area contributed by atoms with Crippen LogP contribution in [-0.4, -0.2) is 23.5 Å². The van der Waals surface area contributed by atoms with Crippen LogP contribution in [-0.2, 0) is 9.59 Å².